The Labute approximate surface area is 160 Å². The molecule has 0 amide bonds. The van der Waals surface area contributed by atoms with E-state index >= 15 is 0 Å². The predicted octanol–water partition coefficient (Wildman–Crippen LogP) is 7.38. The van der Waals surface area contributed by atoms with Crippen molar-refractivity contribution in [1.29, 1.82) is 0 Å². The molecule has 0 spiro atoms. The molecule has 0 bridgehead atoms. The minimum absolute atomic E-state index is 0.308. The van der Waals surface area contributed by atoms with E-state index in [0.717, 1.165) is 22.5 Å². The molecule has 0 unspecified atom stereocenters. The van der Waals surface area contributed by atoms with Crippen LogP contribution < -0.4 is 10.6 Å². The van der Waals surface area contributed by atoms with E-state index in [-0.39, 0.29) is 11.6 Å². The predicted molar refractivity (Wildman–Crippen MR) is 105 cm³/mol. The number of nitrogens with one attached hydrogen (secondary N) is 2. The number of hydrogen-bond acceptors (Lipinski definition) is 2. The van der Waals surface area contributed by atoms with Gasteiger partial charge >= 0.3 is 0 Å². The molecule has 134 valence electrons. The zero-order valence-corrected chi connectivity index (χ0v) is 15.6. The lowest BCUT2D eigenvalue weighted by Gasteiger charge is -2.17. The Hall–Kier alpha value is -2.30. The first kappa shape index (κ1) is 18.5. The summed E-state index contributed by atoms with van der Waals surface area (Å²) >= 11 is 12.2. The molecule has 3 rings (SSSR count). The highest BCUT2D eigenvalue weighted by Crippen LogP contribution is 2.33. The van der Waals surface area contributed by atoms with Crippen molar-refractivity contribution in [2.24, 2.45) is 0 Å². The molecule has 2 nitrogen and oxygen atoms in total. The monoisotopic (exact) mass is 392 g/mol. The van der Waals surface area contributed by atoms with Gasteiger partial charge in [-0.15, -0.1) is 0 Å². The van der Waals surface area contributed by atoms with Crippen molar-refractivity contribution in [3.63, 3.8) is 0 Å². The van der Waals surface area contributed by atoms with Gasteiger partial charge in [-0.3, -0.25) is 0 Å². The molecule has 0 aliphatic rings. The van der Waals surface area contributed by atoms with Gasteiger partial charge in [-0.1, -0.05) is 23.2 Å². The second kappa shape index (κ2) is 7.52. The van der Waals surface area contributed by atoms with Crippen molar-refractivity contribution in [2.45, 2.75) is 13.8 Å². The molecule has 0 atom stereocenters. The van der Waals surface area contributed by atoms with Crippen LogP contribution in [0.5, 0.6) is 0 Å². The molecule has 0 aromatic heterocycles. The molecule has 3 aromatic rings. The average Bonchev–Trinajstić information content (AvgIpc) is 2.57. The summed E-state index contributed by atoms with van der Waals surface area (Å²) in [5, 5.41) is 7.05. The molecule has 0 heterocycles. The highest BCUT2D eigenvalue weighted by Gasteiger charge is 2.09. The Morgan fingerprint density at radius 3 is 1.35 bits per heavy atom. The molecular weight excluding hydrogens is 377 g/mol. The molecule has 2 N–H and O–H groups in total. The molecule has 26 heavy (non-hydrogen) atoms. The summed E-state index contributed by atoms with van der Waals surface area (Å²) in [6, 6.07) is 12.3. The smallest absolute Gasteiger partial charge is 0.124 e. The molecule has 0 saturated carbocycles. The summed E-state index contributed by atoms with van der Waals surface area (Å²) in [6.45, 7) is 3.88. The average molecular weight is 393 g/mol. The van der Waals surface area contributed by atoms with E-state index in [1.807, 2.05) is 26.0 Å². The largest absolute Gasteiger partial charge is 0.354 e. The highest BCUT2D eigenvalue weighted by molar-refractivity contribution is 6.33. The van der Waals surface area contributed by atoms with Crippen molar-refractivity contribution in [3.8, 4) is 0 Å². The second-order valence-corrected chi connectivity index (χ2v) is 6.79. The fraction of sp³-hybridized carbons (Fsp3) is 0.100. The van der Waals surface area contributed by atoms with Crippen LogP contribution in [0.15, 0.2) is 48.5 Å². The Kier molecular flexibility index (Phi) is 5.35. The van der Waals surface area contributed by atoms with Gasteiger partial charge in [-0.25, -0.2) is 8.78 Å². The lowest BCUT2D eigenvalue weighted by molar-refractivity contribution is 0.627. The third-order valence-corrected chi connectivity index (χ3v) is 4.60. The van der Waals surface area contributed by atoms with E-state index in [9.17, 15) is 8.78 Å². The number of benzene rings is 3. The summed E-state index contributed by atoms with van der Waals surface area (Å²) in [6.07, 6.45) is 0. The number of anilines is 4. The van der Waals surface area contributed by atoms with Crippen LogP contribution in [0.25, 0.3) is 0 Å². The fourth-order valence-electron chi connectivity index (χ4n) is 2.56. The quantitative estimate of drug-likeness (QED) is 0.483. The van der Waals surface area contributed by atoms with Crippen LogP contribution in [0.1, 0.15) is 11.1 Å². The maximum atomic E-state index is 13.2. The van der Waals surface area contributed by atoms with E-state index in [1.54, 1.807) is 12.1 Å². The Morgan fingerprint density at radius 2 is 1.00 bits per heavy atom. The van der Waals surface area contributed by atoms with Gasteiger partial charge in [0.1, 0.15) is 11.6 Å². The van der Waals surface area contributed by atoms with Crippen molar-refractivity contribution < 1.29 is 8.78 Å². The van der Waals surface area contributed by atoms with Crippen LogP contribution in [0.4, 0.5) is 31.5 Å². The maximum absolute atomic E-state index is 13.2. The van der Waals surface area contributed by atoms with Gasteiger partial charge in [0.25, 0.3) is 0 Å². The molecule has 0 saturated heterocycles. The summed E-state index contributed by atoms with van der Waals surface area (Å²) in [7, 11) is 0. The van der Waals surface area contributed by atoms with Crippen molar-refractivity contribution in [2.75, 3.05) is 10.6 Å². The van der Waals surface area contributed by atoms with Crippen LogP contribution in [0, 0.1) is 25.5 Å². The van der Waals surface area contributed by atoms with E-state index in [0.29, 0.717) is 21.4 Å². The van der Waals surface area contributed by atoms with Crippen LogP contribution >= 0.6 is 23.2 Å². The number of rotatable bonds is 4. The van der Waals surface area contributed by atoms with Crippen LogP contribution in [-0.2, 0) is 0 Å². The number of hydrogen-bond donors (Lipinski definition) is 2. The zero-order valence-electron chi connectivity index (χ0n) is 14.1. The number of halogens is 4. The molecular formula is C20H16Cl2F2N2. The van der Waals surface area contributed by atoms with Crippen molar-refractivity contribution in [3.05, 3.63) is 81.3 Å². The first-order valence-electron chi connectivity index (χ1n) is 7.89. The standard InChI is InChI=1S/C20H16Cl2F2N2/c1-11-7-20(26-18-6-4-14(24)10-16(18)22)12(2)8-19(11)25-17-5-3-13(23)9-15(17)21/h3-10,25-26H,1-2H3. The SMILES string of the molecule is Cc1cc(Nc2ccc(F)cc2Cl)c(C)cc1Nc1ccc(F)cc1Cl. The topological polar surface area (TPSA) is 24.1 Å². The molecule has 0 aliphatic carbocycles. The molecule has 0 fully saturated rings. The van der Waals surface area contributed by atoms with Gasteiger partial charge in [0.2, 0.25) is 0 Å². The summed E-state index contributed by atoms with van der Waals surface area (Å²) < 4.78 is 26.4. The maximum Gasteiger partial charge on any atom is 0.124 e. The van der Waals surface area contributed by atoms with Gasteiger partial charge < -0.3 is 10.6 Å². The third-order valence-electron chi connectivity index (χ3n) is 3.97. The fourth-order valence-corrected chi connectivity index (χ4v) is 2.99. The molecule has 0 radical (unpaired) electrons. The van der Waals surface area contributed by atoms with Crippen LogP contribution in [0.2, 0.25) is 10.0 Å². The first-order chi connectivity index (χ1) is 12.3. The van der Waals surface area contributed by atoms with Crippen molar-refractivity contribution >= 4 is 46.0 Å². The Morgan fingerprint density at radius 1 is 0.615 bits per heavy atom. The second-order valence-electron chi connectivity index (χ2n) is 5.98. The van der Waals surface area contributed by atoms with E-state index < -0.39 is 0 Å². The Bertz CT molecular complexity index is 895. The molecule has 0 aliphatic heterocycles. The number of aryl methyl sites for hydroxylation is 2. The van der Waals surface area contributed by atoms with Crippen LogP contribution in [-0.4, -0.2) is 0 Å². The molecule has 3 aromatic carbocycles. The van der Waals surface area contributed by atoms with Crippen LogP contribution in [0.3, 0.4) is 0 Å². The highest BCUT2D eigenvalue weighted by atomic mass is 35.5. The summed E-state index contributed by atoms with van der Waals surface area (Å²) in [5.41, 5.74) is 4.86. The third kappa shape index (κ3) is 4.09. The lowest BCUT2D eigenvalue weighted by Crippen LogP contribution is -1.99. The zero-order chi connectivity index (χ0) is 18.8. The lowest BCUT2D eigenvalue weighted by atomic mass is 10.1. The minimum atomic E-state index is -0.385. The van der Waals surface area contributed by atoms with Gasteiger partial charge in [0, 0.05) is 11.4 Å². The van der Waals surface area contributed by atoms with E-state index in [2.05, 4.69) is 10.6 Å². The summed E-state index contributed by atoms with van der Waals surface area (Å²) in [5.74, 6) is -0.770. The Balaban J connectivity index is 1.88. The van der Waals surface area contributed by atoms with Crippen molar-refractivity contribution in [1.82, 2.24) is 0 Å². The molecule has 6 heteroatoms. The van der Waals surface area contributed by atoms with Gasteiger partial charge in [-0.05, 0) is 73.5 Å². The van der Waals surface area contributed by atoms with Gasteiger partial charge in [0.15, 0.2) is 0 Å². The first-order valence-corrected chi connectivity index (χ1v) is 8.64. The van der Waals surface area contributed by atoms with Gasteiger partial charge in [0.05, 0.1) is 21.4 Å². The van der Waals surface area contributed by atoms with E-state index in [1.165, 1.54) is 24.3 Å². The van der Waals surface area contributed by atoms with E-state index in [4.69, 9.17) is 23.2 Å². The summed E-state index contributed by atoms with van der Waals surface area (Å²) in [4.78, 5) is 0. The normalized spacial score (nSPS) is 10.7. The minimum Gasteiger partial charge on any atom is -0.354 e. The van der Waals surface area contributed by atoms with Gasteiger partial charge in [-0.2, -0.15) is 0 Å².